The number of benzene rings is 1. The van der Waals surface area contributed by atoms with Crippen molar-refractivity contribution in [1.82, 2.24) is 14.8 Å². The molecule has 0 saturated carbocycles. The van der Waals surface area contributed by atoms with Crippen LogP contribution in [0.15, 0.2) is 36.9 Å². The molecule has 0 aliphatic heterocycles. The average Bonchev–Trinajstić information content (AvgIpc) is 2.81. The van der Waals surface area contributed by atoms with Crippen molar-refractivity contribution in [3.05, 3.63) is 47.5 Å². The second kappa shape index (κ2) is 5.13. The van der Waals surface area contributed by atoms with E-state index in [1.807, 2.05) is 0 Å². The van der Waals surface area contributed by atoms with Gasteiger partial charge in [-0.05, 0) is 17.7 Å². The van der Waals surface area contributed by atoms with E-state index in [-0.39, 0.29) is 5.56 Å². The number of halogens is 5. The Kier molecular flexibility index (Phi) is 3.87. The first-order valence-electron chi connectivity index (χ1n) is 5.17. The zero-order valence-electron chi connectivity index (χ0n) is 9.40. The summed E-state index contributed by atoms with van der Waals surface area (Å²) in [6, 6.07) is 5.50. The van der Waals surface area contributed by atoms with Crippen molar-refractivity contribution in [2.75, 3.05) is 0 Å². The zero-order valence-corrected chi connectivity index (χ0v) is 11.7. The quantitative estimate of drug-likeness (QED) is 0.785. The third-order valence-electron chi connectivity index (χ3n) is 2.60. The van der Waals surface area contributed by atoms with Crippen LogP contribution in [0.25, 0.3) is 0 Å². The molecule has 19 heavy (non-hydrogen) atoms. The Labute approximate surface area is 120 Å². The van der Waals surface area contributed by atoms with Gasteiger partial charge in [-0.2, -0.15) is 18.3 Å². The standard InChI is InChI=1S/C11H8BrClF3N3/c12-10(11(14,15)16,5-19-7-17-6-18-19)8-1-3-9(13)4-2-8/h1-4,6-7H,5H2. The lowest BCUT2D eigenvalue weighted by molar-refractivity contribution is -0.163. The highest BCUT2D eigenvalue weighted by Crippen LogP contribution is 2.47. The minimum atomic E-state index is -4.49. The van der Waals surface area contributed by atoms with Gasteiger partial charge in [0.2, 0.25) is 0 Å². The maximum atomic E-state index is 13.3. The molecule has 0 bridgehead atoms. The van der Waals surface area contributed by atoms with Crippen molar-refractivity contribution in [1.29, 1.82) is 0 Å². The van der Waals surface area contributed by atoms with Gasteiger partial charge in [-0.25, -0.2) is 4.98 Å². The summed E-state index contributed by atoms with van der Waals surface area (Å²) >= 11 is 8.50. The molecule has 0 spiro atoms. The summed E-state index contributed by atoms with van der Waals surface area (Å²) < 4.78 is 38.9. The topological polar surface area (TPSA) is 30.7 Å². The molecule has 2 aromatic rings. The molecule has 0 amide bonds. The van der Waals surface area contributed by atoms with Crippen LogP contribution in [0.4, 0.5) is 13.2 Å². The van der Waals surface area contributed by atoms with E-state index < -0.39 is 17.0 Å². The minimum Gasteiger partial charge on any atom is -0.251 e. The molecule has 1 aromatic heterocycles. The highest BCUT2D eigenvalue weighted by Gasteiger charge is 2.54. The van der Waals surface area contributed by atoms with E-state index in [2.05, 4.69) is 26.0 Å². The fourth-order valence-electron chi connectivity index (χ4n) is 1.60. The van der Waals surface area contributed by atoms with Gasteiger partial charge in [0.15, 0.2) is 4.32 Å². The fourth-order valence-corrected chi connectivity index (χ4v) is 2.24. The predicted molar refractivity (Wildman–Crippen MR) is 68.1 cm³/mol. The molecule has 0 saturated heterocycles. The van der Waals surface area contributed by atoms with E-state index in [9.17, 15) is 13.2 Å². The number of rotatable bonds is 3. The fraction of sp³-hybridized carbons (Fsp3) is 0.273. The SMILES string of the molecule is FC(F)(F)C(Br)(Cn1cncn1)c1ccc(Cl)cc1. The smallest absolute Gasteiger partial charge is 0.251 e. The number of hydrogen-bond acceptors (Lipinski definition) is 2. The highest BCUT2D eigenvalue weighted by molar-refractivity contribution is 9.09. The van der Waals surface area contributed by atoms with Gasteiger partial charge in [-0.15, -0.1) is 0 Å². The van der Waals surface area contributed by atoms with Gasteiger partial charge in [0.05, 0.1) is 6.54 Å². The Hall–Kier alpha value is -1.08. The first kappa shape index (κ1) is 14.3. The van der Waals surface area contributed by atoms with Crippen LogP contribution < -0.4 is 0 Å². The molecule has 0 radical (unpaired) electrons. The average molecular weight is 355 g/mol. The Balaban J connectivity index is 2.43. The molecule has 102 valence electrons. The monoisotopic (exact) mass is 353 g/mol. The molecule has 0 fully saturated rings. The molecule has 1 atom stereocenters. The van der Waals surface area contributed by atoms with Crippen LogP contribution in [0.5, 0.6) is 0 Å². The van der Waals surface area contributed by atoms with Crippen molar-refractivity contribution in [2.24, 2.45) is 0 Å². The Morgan fingerprint density at radius 2 is 1.84 bits per heavy atom. The van der Waals surface area contributed by atoms with Crippen LogP contribution in [0, 0.1) is 0 Å². The van der Waals surface area contributed by atoms with Crippen molar-refractivity contribution >= 4 is 27.5 Å². The second-order valence-electron chi connectivity index (χ2n) is 3.90. The normalized spacial score (nSPS) is 15.2. The van der Waals surface area contributed by atoms with Crippen LogP contribution in [0.3, 0.4) is 0 Å². The van der Waals surface area contributed by atoms with Gasteiger partial charge < -0.3 is 0 Å². The Bertz CT molecular complexity index is 541. The lowest BCUT2D eigenvalue weighted by Gasteiger charge is -2.30. The third-order valence-corrected chi connectivity index (χ3v) is 4.01. The van der Waals surface area contributed by atoms with E-state index in [0.717, 1.165) is 4.68 Å². The van der Waals surface area contributed by atoms with Gasteiger partial charge in [0, 0.05) is 5.02 Å². The lowest BCUT2D eigenvalue weighted by atomic mass is 9.98. The lowest BCUT2D eigenvalue weighted by Crippen LogP contribution is -2.40. The van der Waals surface area contributed by atoms with Crippen LogP contribution >= 0.6 is 27.5 Å². The first-order valence-corrected chi connectivity index (χ1v) is 6.34. The van der Waals surface area contributed by atoms with Crippen molar-refractivity contribution in [3.8, 4) is 0 Å². The summed E-state index contributed by atoms with van der Waals surface area (Å²) in [6.07, 6.45) is -2.07. The molecule has 1 unspecified atom stereocenters. The summed E-state index contributed by atoms with van der Waals surface area (Å²) in [7, 11) is 0. The molecule has 0 aliphatic carbocycles. The number of alkyl halides is 4. The second-order valence-corrected chi connectivity index (χ2v) is 5.69. The van der Waals surface area contributed by atoms with Crippen LogP contribution in [0.2, 0.25) is 5.02 Å². The summed E-state index contributed by atoms with van der Waals surface area (Å²) in [4.78, 5) is 3.64. The first-order chi connectivity index (χ1) is 8.83. The van der Waals surface area contributed by atoms with E-state index in [4.69, 9.17) is 11.6 Å². The molecule has 0 aliphatic rings. The number of hydrogen-bond donors (Lipinski definition) is 0. The maximum absolute atomic E-state index is 13.3. The van der Waals surface area contributed by atoms with E-state index >= 15 is 0 Å². The van der Waals surface area contributed by atoms with E-state index in [1.54, 1.807) is 0 Å². The van der Waals surface area contributed by atoms with Gasteiger partial charge in [0.25, 0.3) is 0 Å². The summed E-state index contributed by atoms with van der Waals surface area (Å²) in [5.74, 6) is 0. The van der Waals surface area contributed by atoms with E-state index in [1.165, 1.54) is 36.9 Å². The van der Waals surface area contributed by atoms with Crippen LogP contribution in [-0.4, -0.2) is 20.9 Å². The molecule has 2 rings (SSSR count). The van der Waals surface area contributed by atoms with Crippen LogP contribution in [0.1, 0.15) is 5.56 Å². The molecule has 0 N–H and O–H groups in total. The maximum Gasteiger partial charge on any atom is 0.409 e. The van der Waals surface area contributed by atoms with Gasteiger partial charge in [-0.3, -0.25) is 4.68 Å². The minimum absolute atomic E-state index is 0.0555. The van der Waals surface area contributed by atoms with Crippen molar-refractivity contribution in [3.63, 3.8) is 0 Å². The van der Waals surface area contributed by atoms with E-state index in [0.29, 0.717) is 5.02 Å². The molecule has 1 aromatic carbocycles. The molecule has 3 nitrogen and oxygen atoms in total. The number of nitrogens with zero attached hydrogens (tertiary/aromatic N) is 3. The summed E-state index contributed by atoms with van der Waals surface area (Å²) in [6.45, 7) is -0.419. The summed E-state index contributed by atoms with van der Waals surface area (Å²) in [5.41, 5.74) is 0.0555. The van der Waals surface area contributed by atoms with Gasteiger partial charge in [-0.1, -0.05) is 39.7 Å². The zero-order chi connectivity index (χ0) is 14.1. The van der Waals surface area contributed by atoms with Crippen LogP contribution in [-0.2, 0) is 10.9 Å². The highest BCUT2D eigenvalue weighted by atomic mass is 79.9. The van der Waals surface area contributed by atoms with Crippen molar-refractivity contribution in [2.45, 2.75) is 17.0 Å². The molecular formula is C11H8BrClF3N3. The molecule has 8 heteroatoms. The predicted octanol–water partition coefficient (Wildman–Crippen LogP) is 3.78. The number of aromatic nitrogens is 3. The van der Waals surface area contributed by atoms with Gasteiger partial charge >= 0.3 is 6.18 Å². The van der Waals surface area contributed by atoms with Crippen molar-refractivity contribution < 1.29 is 13.2 Å². The van der Waals surface area contributed by atoms with Gasteiger partial charge in [0.1, 0.15) is 12.7 Å². The largest absolute Gasteiger partial charge is 0.409 e. The molecular weight excluding hydrogens is 346 g/mol. The Morgan fingerprint density at radius 3 is 2.32 bits per heavy atom. The third kappa shape index (κ3) is 2.92. The summed E-state index contributed by atoms with van der Waals surface area (Å²) in [5, 5.41) is 4.08. The molecule has 1 heterocycles. The Morgan fingerprint density at radius 1 is 1.21 bits per heavy atom.